The van der Waals surface area contributed by atoms with Crippen LogP contribution in [0.5, 0.6) is 0 Å². The standard InChI is InChI=1S/C8H19O4P/c1-8(2,3)7(9)6-13(10,11-4)12-5/h7,9H,6H2,1-5H3. The van der Waals surface area contributed by atoms with Gasteiger partial charge in [0.15, 0.2) is 0 Å². The van der Waals surface area contributed by atoms with Gasteiger partial charge in [0.05, 0.1) is 12.3 Å². The molecule has 1 atom stereocenters. The molecule has 5 heteroatoms. The molecule has 0 aromatic carbocycles. The van der Waals surface area contributed by atoms with Gasteiger partial charge < -0.3 is 14.2 Å². The molecule has 0 bridgehead atoms. The Morgan fingerprint density at radius 1 is 1.31 bits per heavy atom. The number of aliphatic hydroxyl groups is 1. The second kappa shape index (κ2) is 4.56. The van der Waals surface area contributed by atoms with E-state index >= 15 is 0 Å². The minimum atomic E-state index is -3.08. The molecule has 4 nitrogen and oxygen atoms in total. The lowest BCUT2D eigenvalue weighted by atomic mass is 9.90. The van der Waals surface area contributed by atoms with E-state index in [4.69, 9.17) is 9.05 Å². The highest BCUT2D eigenvalue weighted by atomic mass is 31.2. The maximum Gasteiger partial charge on any atom is 0.332 e. The van der Waals surface area contributed by atoms with Crippen LogP contribution in [0.3, 0.4) is 0 Å². The highest BCUT2D eigenvalue weighted by molar-refractivity contribution is 7.53. The third-order valence-corrected chi connectivity index (χ3v) is 3.86. The first-order chi connectivity index (χ1) is 5.75. The third kappa shape index (κ3) is 4.23. The average Bonchev–Trinajstić information content (AvgIpc) is 2.02. The van der Waals surface area contributed by atoms with E-state index in [9.17, 15) is 9.67 Å². The molecule has 1 N–H and O–H groups in total. The van der Waals surface area contributed by atoms with E-state index in [-0.39, 0.29) is 11.6 Å². The topological polar surface area (TPSA) is 55.8 Å². The summed E-state index contributed by atoms with van der Waals surface area (Å²) in [5.41, 5.74) is -0.313. The zero-order valence-corrected chi connectivity index (χ0v) is 9.80. The Balaban J connectivity index is 4.35. The molecule has 0 aromatic heterocycles. The van der Waals surface area contributed by atoms with E-state index in [1.807, 2.05) is 20.8 Å². The maximum atomic E-state index is 11.6. The third-order valence-electron chi connectivity index (χ3n) is 1.95. The van der Waals surface area contributed by atoms with Gasteiger partial charge in [-0.05, 0) is 5.41 Å². The van der Waals surface area contributed by atoms with Gasteiger partial charge in [0.1, 0.15) is 0 Å². The highest BCUT2D eigenvalue weighted by Gasteiger charge is 2.32. The summed E-state index contributed by atoms with van der Waals surface area (Å²) in [6.45, 7) is 5.61. The summed E-state index contributed by atoms with van der Waals surface area (Å²) < 4.78 is 21.1. The molecular formula is C8H19O4P. The summed E-state index contributed by atoms with van der Waals surface area (Å²) in [6, 6.07) is 0. The van der Waals surface area contributed by atoms with Gasteiger partial charge in [-0.1, -0.05) is 20.8 Å². The fourth-order valence-electron chi connectivity index (χ4n) is 0.709. The summed E-state index contributed by atoms with van der Waals surface area (Å²) in [5.74, 6) is 0. The number of hydrogen-bond acceptors (Lipinski definition) is 4. The van der Waals surface area contributed by atoms with Gasteiger partial charge >= 0.3 is 7.60 Å². The first-order valence-corrected chi connectivity index (χ1v) is 5.86. The molecule has 0 heterocycles. The Morgan fingerprint density at radius 3 is 1.92 bits per heavy atom. The normalized spacial score (nSPS) is 15.8. The van der Waals surface area contributed by atoms with Crippen molar-refractivity contribution in [1.82, 2.24) is 0 Å². The van der Waals surface area contributed by atoms with Crippen LogP contribution in [0.15, 0.2) is 0 Å². The Hall–Kier alpha value is 0.110. The van der Waals surface area contributed by atoms with Crippen molar-refractivity contribution < 1.29 is 18.7 Å². The lowest BCUT2D eigenvalue weighted by Crippen LogP contribution is -2.29. The van der Waals surface area contributed by atoms with E-state index in [1.54, 1.807) is 0 Å². The van der Waals surface area contributed by atoms with Crippen LogP contribution >= 0.6 is 7.60 Å². The second-order valence-corrected chi connectivity index (χ2v) is 6.36. The smallest absolute Gasteiger partial charge is 0.332 e. The molecular weight excluding hydrogens is 191 g/mol. The lowest BCUT2D eigenvalue weighted by Gasteiger charge is -2.27. The van der Waals surface area contributed by atoms with Crippen molar-refractivity contribution in [2.24, 2.45) is 5.41 Å². The Labute approximate surface area is 79.8 Å². The molecule has 0 aliphatic carbocycles. The molecule has 1 unspecified atom stereocenters. The number of rotatable bonds is 4. The van der Waals surface area contributed by atoms with Crippen LogP contribution in [0.1, 0.15) is 20.8 Å². The second-order valence-electron chi connectivity index (χ2n) is 4.04. The van der Waals surface area contributed by atoms with Crippen LogP contribution in [0.25, 0.3) is 0 Å². The molecule has 0 aliphatic rings. The summed E-state index contributed by atoms with van der Waals surface area (Å²) in [5, 5.41) is 9.65. The van der Waals surface area contributed by atoms with E-state index < -0.39 is 13.7 Å². The zero-order chi connectivity index (χ0) is 10.7. The van der Waals surface area contributed by atoms with Gasteiger partial charge in [-0.15, -0.1) is 0 Å². The summed E-state index contributed by atoms with van der Waals surface area (Å²) >= 11 is 0. The van der Waals surface area contributed by atoms with Gasteiger partial charge in [0.25, 0.3) is 0 Å². The van der Waals surface area contributed by atoms with Crippen LogP contribution in [-0.2, 0) is 13.6 Å². The van der Waals surface area contributed by atoms with Crippen molar-refractivity contribution in [2.45, 2.75) is 26.9 Å². The fourth-order valence-corrected chi connectivity index (χ4v) is 2.13. The number of aliphatic hydroxyl groups excluding tert-OH is 1. The predicted octanol–water partition coefficient (Wildman–Crippen LogP) is 1.88. The van der Waals surface area contributed by atoms with Crippen molar-refractivity contribution in [3.05, 3.63) is 0 Å². The zero-order valence-electron chi connectivity index (χ0n) is 8.90. The fraction of sp³-hybridized carbons (Fsp3) is 1.00. The van der Waals surface area contributed by atoms with E-state index in [1.165, 1.54) is 14.2 Å². The van der Waals surface area contributed by atoms with Crippen molar-refractivity contribution >= 4 is 7.60 Å². The van der Waals surface area contributed by atoms with Crippen LogP contribution < -0.4 is 0 Å². The number of hydrogen-bond donors (Lipinski definition) is 1. The Bertz CT molecular complexity index is 189. The molecule has 0 radical (unpaired) electrons. The van der Waals surface area contributed by atoms with E-state index in [2.05, 4.69) is 0 Å². The van der Waals surface area contributed by atoms with Gasteiger partial charge in [0.2, 0.25) is 0 Å². The Kier molecular flexibility index (Phi) is 4.60. The molecule has 0 rings (SSSR count). The van der Waals surface area contributed by atoms with Crippen molar-refractivity contribution in [3.8, 4) is 0 Å². The molecule has 0 fully saturated rings. The maximum absolute atomic E-state index is 11.6. The van der Waals surface area contributed by atoms with Crippen LogP contribution in [-0.4, -0.2) is 31.6 Å². The van der Waals surface area contributed by atoms with Gasteiger partial charge in [-0.25, -0.2) is 0 Å². The van der Waals surface area contributed by atoms with Crippen molar-refractivity contribution in [2.75, 3.05) is 20.4 Å². The first-order valence-electron chi connectivity index (χ1n) is 4.14. The minimum Gasteiger partial charge on any atom is -0.392 e. The van der Waals surface area contributed by atoms with Crippen LogP contribution in [0.2, 0.25) is 0 Å². The van der Waals surface area contributed by atoms with Gasteiger partial charge in [0, 0.05) is 14.2 Å². The largest absolute Gasteiger partial charge is 0.392 e. The molecule has 0 amide bonds. The van der Waals surface area contributed by atoms with Crippen molar-refractivity contribution in [3.63, 3.8) is 0 Å². The first kappa shape index (κ1) is 13.1. The lowest BCUT2D eigenvalue weighted by molar-refractivity contribution is 0.0761. The predicted molar refractivity (Wildman–Crippen MR) is 52.0 cm³/mol. The summed E-state index contributed by atoms with van der Waals surface area (Å²) in [4.78, 5) is 0. The van der Waals surface area contributed by atoms with Crippen LogP contribution in [0, 0.1) is 5.41 Å². The summed E-state index contributed by atoms with van der Waals surface area (Å²) in [6.07, 6.45) is -0.665. The highest BCUT2D eigenvalue weighted by Crippen LogP contribution is 2.48. The molecule has 80 valence electrons. The quantitative estimate of drug-likeness (QED) is 0.720. The summed E-state index contributed by atoms with van der Waals surface area (Å²) in [7, 11) is -0.446. The Morgan fingerprint density at radius 2 is 1.69 bits per heavy atom. The van der Waals surface area contributed by atoms with Crippen LogP contribution in [0.4, 0.5) is 0 Å². The SMILES string of the molecule is COP(=O)(CC(O)C(C)(C)C)OC. The minimum absolute atomic E-state index is 0.0312. The van der Waals surface area contributed by atoms with E-state index in [0.717, 1.165) is 0 Å². The molecule has 13 heavy (non-hydrogen) atoms. The molecule has 0 aliphatic heterocycles. The van der Waals surface area contributed by atoms with Gasteiger partial charge in [-0.3, -0.25) is 4.57 Å². The average molecular weight is 210 g/mol. The molecule has 0 spiro atoms. The molecule has 0 saturated heterocycles. The molecule has 0 aromatic rings. The van der Waals surface area contributed by atoms with E-state index in [0.29, 0.717) is 0 Å². The van der Waals surface area contributed by atoms with Gasteiger partial charge in [-0.2, -0.15) is 0 Å². The molecule has 0 saturated carbocycles. The monoisotopic (exact) mass is 210 g/mol. The van der Waals surface area contributed by atoms with Crippen molar-refractivity contribution in [1.29, 1.82) is 0 Å².